The number of nitrogens with zero attached hydrogens (tertiary/aromatic N) is 2. The SMILES string of the molecule is CCn1c(=NC(=O)c2ccc(C(=O)OC)cc2)sc2cc(C(C)C)ccc21. The number of hydrogen-bond donors (Lipinski definition) is 0. The first-order valence-corrected chi connectivity index (χ1v) is 9.67. The molecular weight excluding hydrogens is 360 g/mol. The van der Waals surface area contributed by atoms with Gasteiger partial charge in [-0.2, -0.15) is 4.99 Å². The average Bonchev–Trinajstić information content (AvgIpc) is 3.03. The lowest BCUT2D eigenvalue weighted by Crippen LogP contribution is -2.16. The fourth-order valence-electron chi connectivity index (χ4n) is 2.86. The molecule has 0 saturated heterocycles. The Morgan fingerprint density at radius 1 is 1.11 bits per heavy atom. The number of aromatic nitrogens is 1. The van der Waals surface area contributed by atoms with Crippen LogP contribution >= 0.6 is 11.3 Å². The first-order chi connectivity index (χ1) is 12.9. The minimum Gasteiger partial charge on any atom is -0.465 e. The van der Waals surface area contributed by atoms with E-state index in [1.165, 1.54) is 24.0 Å². The largest absolute Gasteiger partial charge is 0.465 e. The van der Waals surface area contributed by atoms with Crippen molar-refractivity contribution in [3.05, 3.63) is 64.0 Å². The maximum Gasteiger partial charge on any atom is 0.337 e. The molecule has 2 aromatic carbocycles. The molecule has 0 aliphatic heterocycles. The topological polar surface area (TPSA) is 60.7 Å². The third-order valence-electron chi connectivity index (χ3n) is 4.44. The molecule has 0 N–H and O–H groups in total. The summed E-state index contributed by atoms with van der Waals surface area (Å²) >= 11 is 1.52. The molecule has 27 heavy (non-hydrogen) atoms. The maximum absolute atomic E-state index is 12.6. The molecule has 6 heteroatoms. The maximum atomic E-state index is 12.6. The lowest BCUT2D eigenvalue weighted by Gasteiger charge is -2.05. The fourth-order valence-corrected chi connectivity index (χ4v) is 4.00. The van der Waals surface area contributed by atoms with E-state index in [0.29, 0.717) is 21.8 Å². The molecule has 0 spiro atoms. The van der Waals surface area contributed by atoms with E-state index in [-0.39, 0.29) is 5.91 Å². The third kappa shape index (κ3) is 3.85. The predicted molar refractivity (Wildman–Crippen MR) is 107 cm³/mol. The first-order valence-electron chi connectivity index (χ1n) is 8.85. The number of methoxy groups -OCH3 is 1. The van der Waals surface area contributed by atoms with Crippen LogP contribution in [0.15, 0.2) is 47.5 Å². The van der Waals surface area contributed by atoms with E-state index in [0.717, 1.165) is 16.8 Å². The van der Waals surface area contributed by atoms with Gasteiger partial charge in [0.1, 0.15) is 0 Å². The van der Waals surface area contributed by atoms with Crippen LogP contribution in [-0.4, -0.2) is 23.6 Å². The predicted octanol–water partition coefficient (Wildman–Crippen LogP) is 4.37. The second kappa shape index (κ2) is 7.88. The first kappa shape index (κ1) is 19.0. The van der Waals surface area contributed by atoms with Crippen molar-refractivity contribution >= 4 is 33.4 Å². The van der Waals surface area contributed by atoms with Crippen LogP contribution < -0.4 is 4.80 Å². The Balaban J connectivity index is 2.01. The van der Waals surface area contributed by atoms with Crippen LogP contribution in [0.4, 0.5) is 0 Å². The van der Waals surface area contributed by atoms with Gasteiger partial charge in [-0.25, -0.2) is 4.79 Å². The fraction of sp³-hybridized carbons (Fsp3) is 0.286. The highest BCUT2D eigenvalue weighted by Crippen LogP contribution is 2.23. The number of hydrogen-bond acceptors (Lipinski definition) is 4. The summed E-state index contributed by atoms with van der Waals surface area (Å²) < 4.78 is 7.84. The third-order valence-corrected chi connectivity index (χ3v) is 5.48. The Kier molecular flexibility index (Phi) is 5.56. The number of benzene rings is 2. The number of thiazole rings is 1. The summed E-state index contributed by atoms with van der Waals surface area (Å²) in [7, 11) is 1.33. The Hall–Kier alpha value is -2.73. The number of ether oxygens (including phenoxy) is 1. The molecule has 3 rings (SSSR count). The summed E-state index contributed by atoms with van der Waals surface area (Å²) in [5.74, 6) is -0.314. The van der Waals surface area contributed by atoms with Gasteiger partial charge in [0.25, 0.3) is 5.91 Å². The molecule has 0 aliphatic carbocycles. The van der Waals surface area contributed by atoms with E-state index in [1.54, 1.807) is 24.3 Å². The van der Waals surface area contributed by atoms with E-state index in [4.69, 9.17) is 0 Å². The molecule has 1 aromatic heterocycles. The second-order valence-corrected chi connectivity index (χ2v) is 7.51. The zero-order valence-corrected chi connectivity index (χ0v) is 16.7. The number of amides is 1. The van der Waals surface area contributed by atoms with Crippen molar-refractivity contribution in [2.24, 2.45) is 4.99 Å². The lowest BCUT2D eigenvalue weighted by atomic mass is 10.0. The van der Waals surface area contributed by atoms with Crippen LogP contribution in [0.2, 0.25) is 0 Å². The van der Waals surface area contributed by atoms with Gasteiger partial charge in [0.05, 0.1) is 22.9 Å². The molecule has 0 aliphatic rings. The Morgan fingerprint density at radius 3 is 2.37 bits per heavy atom. The van der Waals surface area contributed by atoms with E-state index in [9.17, 15) is 9.59 Å². The number of rotatable bonds is 4. The molecule has 3 aromatic rings. The van der Waals surface area contributed by atoms with Gasteiger partial charge in [-0.05, 0) is 54.8 Å². The van der Waals surface area contributed by atoms with Crippen LogP contribution in [0.5, 0.6) is 0 Å². The van der Waals surface area contributed by atoms with Gasteiger partial charge in [0, 0.05) is 12.1 Å². The molecule has 0 radical (unpaired) electrons. The van der Waals surface area contributed by atoms with Gasteiger partial charge in [-0.1, -0.05) is 31.3 Å². The Labute approximate surface area is 161 Å². The molecule has 0 fully saturated rings. The zero-order valence-electron chi connectivity index (χ0n) is 15.9. The van der Waals surface area contributed by atoms with Gasteiger partial charge >= 0.3 is 5.97 Å². The molecule has 5 nitrogen and oxygen atoms in total. The quantitative estimate of drug-likeness (QED) is 0.630. The zero-order chi connectivity index (χ0) is 19.6. The van der Waals surface area contributed by atoms with Crippen LogP contribution in [-0.2, 0) is 11.3 Å². The van der Waals surface area contributed by atoms with Gasteiger partial charge in [-0.3, -0.25) is 4.79 Å². The van der Waals surface area contributed by atoms with E-state index in [1.807, 2.05) is 11.5 Å². The minimum atomic E-state index is -0.430. The monoisotopic (exact) mass is 382 g/mol. The van der Waals surface area contributed by atoms with E-state index < -0.39 is 5.97 Å². The van der Waals surface area contributed by atoms with Crippen molar-refractivity contribution in [1.29, 1.82) is 0 Å². The van der Waals surface area contributed by atoms with Crippen molar-refractivity contribution in [2.75, 3.05) is 7.11 Å². The molecule has 0 bridgehead atoms. The average molecular weight is 382 g/mol. The van der Waals surface area contributed by atoms with Gasteiger partial charge in [-0.15, -0.1) is 0 Å². The molecule has 0 saturated carbocycles. The minimum absolute atomic E-state index is 0.329. The Bertz CT molecular complexity index is 1060. The Morgan fingerprint density at radius 2 is 1.78 bits per heavy atom. The normalized spacial score (nSPS) is 12.0. The van der Waals surface area contributed by atoms with Gasteiger partial charge < -0.3 is 9.30 Å². The van der Waals surface area contributed by atoms with Crippen LogP contribution in [0, 0.1) is 0 Å². The van der Waals surface area contributed by atoms with Gasteiger partial charge in [0.2, 0.25) is 0 Å². The molecule has 1 heterocycles. The summed E-state index contributed by atoms with van der Waals surface area (Å²) in [6, 6.07) is 12.7. The van der Waals surface area contributed by atoms with E-state index >= 15 is 0 Å². The summed E-state index contributed by atoms with van der Waals surface area (Å²) in [4.78, 5) is 29.1. The van der Waals surface area contributed by atoms with Crippen LogP contribution in [0.3, 0.4) is 0 Å². The van der Waals surface area contributed by atoms with Gasteiger partial charge in [0.15, 0.2) is 4.80 Å². The summed E-state index contributed by atoms with van der Waals surface area (Å²) in [5, 5.41) is 0. The smallest absolute Gasteiger partial charge is 0.337 e. The highest BCUT2D eigenvalue weighted by molar-refractivity contribution is 7.16. The molecule has 140 valence electrons. The number of aryl methyl sites for hydroxylation is 1. The van der Waals surface area contributed by atoms with E-state index in [2.05, 4.69) is 41.8 Å². The summed E-state index contributed by atoms with van der Waals surface area (Å²) in [6.45, 7) is 7.09. The molecule has 0 atom stereocenters. The number of esters is 1. The number of carbonyl (C=O) groups excluding carboxylic acids is 2. The van der Waals surface area contributed by atoms with Crippen molar-refractivity contribution in [3.63, 3.8) is 0 Å². The van der Waals surface area contributed by atoms with Crippen LogP contribution in [0.1, 0.15) is 53.0 Å². The summed E-state index contributed by atoms with van der Waals surface area (Å²) in [5.41, 5.74) is 3.19. The van der Waals surface area contributed by atoms with Crippen molar-refractivity contribution in [3.8, 4) is 0 Å². The molecular formula is C21H22N2O3S. The lowest BCUT2D eigenvalue weighted by molar-refractivity contribution is 0.0600. The highest BCUT2D eigenvalue weighted by atomic mass is 32.1. The number of carbonyl (C=O) groups is 2. The van der Waals surface area contributed by atoms with Crippen molar-refractivity contribution in [2.45, 2.75) is 33.2 Å². The highest BCUT2D eigenvalue weighted by Gasteiger charge is 2.11. The second-order valence-electron chi connectivity index (χ2n) is 6.50. The summed E-state index contributed by atoms with van der Waals surface area (Å²) in [6.07, 6.45) is 0. The number of fused-ring (bicyclic) bond motifs is 1. The molecule has 0 unspecified atom stereocenters. The van der Waals surface area contributed by atoms with Crippen molar-refractivity contribution < 1.29 is 14.3 Å². The molecule has 1 amide bonds. The van der Waals surface area contributed by atoms with Crippen molar-refractivity contribution in [1.82, 2.24) is 4.57 Å². The standard InChI is InChI=1S/C21H22N2O3S/c1-5-23-17-11-10-16(13(2)3)12-18(17)27-21(23)22-19(24)14-6-8-15(9-7-14)20(25)26-4/h6-13H,5H2,1-4H3. The van der Waals surface area contributed by atoms with Crippen LogP contribution in [0.25, 0.3) is 10.2 Å².